The lowest BCUT2D eigenvalue weighted by molar-refractivity contribution is -0.140. The predicted molar refractivity (Wildman–Crippen MR) is 117 cm³/mol. The Labute approximate surface area is 189 Å². The van der Waals surface area contributed by atoms with Crippen LogP contribution in [0.2, 0.25) is 0 Å². The molecule has 2 aromatic rings. The standard InChI is InChI=1S/C22H25N3O6S/c1-13(24-20(29)18(28)12-14-7-8-16(26)17(27)11-14)21(30)25-10-4-5-15(25)22(31)32-19-6-2-3-9-23-19/h2-3,6-9,11,13,15,18,26-28H,4-5,10,12H2,1H3,(H,24,29)/t13?,15?,18-/m1/s1. The SMILES string of the molecule is CC(NC(=O)[C@H](O)Cc1ccc(O)c(O)c1)C(=O)N1CCCC1C(=O)Sc1ccccn1. The quantitative estimate of drug-likeness (QED) is 0.358. The number of aliphatic hydroxyl groups excluding tert-OH is 1. The Morgan fingerprint density at radius 3 is 2.69 bits per heavy atom. The Bertz CT molecular complexity index is 987. The number of carbonyl (C=O) groups is 3. The first-order valence-electron chi connectivity index (χ1n) is 10.2. The molecule has 9 nitrogen and oxygen atoms in total. The molecule has 1 aliphatic rings. The number of rotatable bonds is 7. The van der Waals surface area contributed by atoms with Crippen LogP contribution in [0.5, 0.6) is 11.5 Å². The number of amides is 2. The van der Waals surface area contributed by atoms with Crippen LogP contribution < -0.4 is 5.32 Å². The fraction of sp³-hybridized carbons (Fsp3) is 0.364. The first-order chi connectivity index (χ1) is 15.3. The zero-order chi connectivity index (χ0) is 23.3. The van der Waals surface area contributed by atoms with Crippen molar-refractivity contribution in [1.82, 2.24) is 15.2 Å². The molecule has 0 spiro atoms. The molecule has 1 aromatic carbocycles. The number of benzene rings is 1. The second kappa shape index (κ2) is 10.5. The van der Waals surface area contributed by atoms with E-state index >= 15 is 0 Å². The van der Waals surface area contributed by atoms with Crippen LogP contribution in [0.25, 0.3) is 0 Å². The van der Waals surface area contributed by atoms with Gasteiger partial charge in [0, 0.05) is 19.2 Å². The molecule has 10 heteroatoms. The summed E-state index contributed by atoms with van der Waals surface area (Å²) in [5, 5.41) is 31.9. The molecule has 2 unspecified atom stereocenters. The van der Waals surface area contributed by atoms with E-state index < -0.39 is 30.0 Å². The molecule has 3 atom stereocenters. The van der Waals surface area contributed by atoms with Crippen LogP contribution >= 0.6 is 11.8 Å². The summed E-state index contributed by atoms with van der Waals surface area (Å²) < 4.78 is 0. The lowest BCUT2D eigenvalue weighted by Crippen LogP contribution is -2.52. The number of aromatic hydroxyl groups is 2. The highest BCUT2D eigenvalue weighted by Gasteiger charge is 2.37. The average molecular weight is 460 g/mol. The van der Waals surface area contributed by atoms with E-state index in [0.717, 1.165) is 11.8 Å². The Morgan fingerprint density at radius 1 is 1.22 bits per heavy atom. The van der Waals surface area contributed by atoms with Gasteiger partial charge in [-0.25, -0.2) is 4.98 Å². The van der Waals surface area contributed by atoms with Crippen molar-refractivity contribution in [2.75, 3.05) is 6.54 Å². The number of likely N-dealkylation sites (tertiary alicyclic amines) is 1. The van der Waals surface area contributed by atoms with Gasteiger partial charge in [0.2, 0.25) is 16.9 Å². The van der Waals surface area contributed by atoms with Crippen molar-refractivity contribution in [3.8, 4) is 11.5 Å². The van der Waals surface area contributed by atoms with Gasteiger partial charge in [0.05, 0.1) is 0 Å². The average Bonchev–Trinajstić information content (AvgIpc) is 3.26. The minimum atomic E-state index is -1.45. The molecular weight excluding hydrogens is 434 g/mol. The molecule has 2 amide bonds. The molecule has 4 N–H and O–H groups in total. The molecule has 32 heavy (non-hydrogen) atoms. The minimum Gasteiger partial charge on any atom is -0.504 e. The highest BCUT2D eigenvalue weighted by atomic mass is 32.2. The first kappa shape index (κ1) is 23.6. The van der Waals surface area contributed by atoms with Crippen molar-refractivity contribution in [2.45, 2.75) is 49.4 Å². The minimum absolute atomic E-state index is 0.105. The number of nitrogens with one attached hydrogen (secondary N) is 1. The summed E-state index contributed by atoms with van der Waals surface area (Å²) in [6, 6.07) is 7.71. The number of phenolic OH excluding ortho intramolecular Hbond substituents is 2. The summed E-state index contributed by atoms with van der Waals surface area (Å²) in [5.41, 5.74) is 0.443. The van der Waals surface area contributed by atoms with Gasteiger partial charge in [-0.3, -0.25) is 14.4 Å². The largest absolute Gasteiger partial charge is 0.504 e. The molecule has 170 valence electrons. The molecule has 0 saturated carbocycles. The monoisotopic (exact) mass is 459 g/mol. The van der Waals surface area contributed by atoms with Gasteiger partial charge in [0.1, 0.15) is 23.2 Å². The van der Waals surface area contributed by atoms with Crippen LogP contribution in [0.1, 0.15) is 25.3 Å². The lowest BCUT2D eigenvalue weighted by Gasteiger charge is -2.27. The number of phenols is 2. The van der Waals surface area contributed by atoms with E-state index in [2.05, 4.69) is 10.3 Å². The van der Waals surface area contributed by atoms with Crippen molar-refractivity contribution in [2.24, 2.45) is 0 Å². The Kier molecular flexibility index (Phi) is 7.70. The third-order valence-electron chi connectivity index (χ3n) is 5.15. The van der Waals surface area contributed by atoms with E-state index in [1.54, 1.807) is 24.4 Å². The van der Waals surface area contributed by atoms with Crippen molar-refractivity contribution in [1.29, 1.82) is 0 Å². The van der Waals surface area contributed by atoms with Crippen molar-refractivity contribution >= 4 is 28.7 Å². The van der Waals surface area contributed by atoms with Crippen LogP contribution in [-0.4, -0.2) is 66.9 Å². The molecule has 1 aliphatic heterocycles. The summed E-state index contributed by atoms with van der Waals surface area (Å²) in [6.45, 7) is 1.92. The second-order valence-corrected chi connectivity index (χ2v) is 8.58. The molecule has 0 bridgehead atoms. The van der Waals surface area contributed by atoms with E-state index in [1.807, 2.05) is 0 Å². The summed E-state index contributed by atoms with van der Waals surface area (Å²) >= 11 is 0.986. The van der Waals surface area contributed by atoms with Crippen LogP contribution in [0, 0.1) is 0 Å². The maximum Gasteiger partial charge on any atom is 0.249 e. The Hall–Kier alpha value is -3.11. The maximum absolute atomic E-state index is 12.9. The molecule has 2 heterocycles. The highest BCUT2D eigenvalue weighted by Crippen LogP contribution is 2.27. The molecule has 3 rings (SSSR count). The van der Waals surface area contributed by atoms with E-state index in [9.17, 15) is 29.7 Å². The van der Waals surface area contributed by atoms with E-state index in [4.69, 9.17) is 0 Å². The number of hydrogen-bond donors (Lipinski definition) is 4. The maximum atomic E-state index is 12.9. The molecule has 1 saturated heterocycles. The number of aromatic nitrogens is 1. The van der Waals surface area contributed by atoms with Crippen LogP contribution in [0.3, 0.4) is 0 Å². The Morgan fingerprint density at radius 2 is 2.00 bits per heavy atom. The Balaban J connectivity index is 1.56. The summed E-state index contributed by atoms with van der Waals surface area (Å²) in [5.74, 6) is -1.80. The summed E-state index contributed by atoms with van der Waals surface area (Å²) in [4.78, 5) is 43.6. The molecule has 0 aliphatic carbocycles. The van der Waals surface area contributed by atoms with Gasteiger partial charge in [-0.05, 0) is 61.4 Å². The normalized spacial score (nSPS) is 17.6. The van der Waals surface area contributed by atoms with E-state index in [0.29, 0.717) is 30.0 Å². The van der Waals surface area contributed by atoms with Crippen LogP contribution in [0.15, 0.2) is 47.6 Å². The van der Waals surface area contributed by atoms with Gasteiger partial charge in [-0.1, -0.05) is 12.1 Å². The highest BCUT2D eigenvalue weighted by molar-refractivity contribution is 8.13. The number of nitrogens with zero attached hydrogens (tertiary/aromatic N) is 2. The van der Waals surface area contributed by atoms with Crippen LogP contribution in [-0.2, 0) is 20.8 Å². The number of aliphatic hydroxyl groups is 1. The molecule has 1 aromatic heterocycles. The van der Waals surface area contributed by atoms with Crippen molar-refractivity contribution in [3.63, 3.8) is 0 Å². The van der Waals surface area contributed by atoms with Gasteiger partial charge in [0.15, 0.2) is 11.5 Å². The second-order valence-electron chi connectivity index (χ2n) is 7.55. The molecular formula is C22H25N3O6S. The molecule has 1 fully saturated rings. The van der Waals surface area contributed by atoms with Crippen molar-refractivity contribution < 1.29 is 29.7 Å². The van der Waals surface area contributed by atoms with Gasteiger partial charge in [-0.2, -0.15) is 0 Å². The van der Waals surface area contributed by atoms with Crippen LogP contribution in [0.4, 0.5) is 0 Å². The summed E-state index contributed by atoms with van der Waals surface area (Å²) in [6.07, 6.45) is 1.25. The lowest BCUT2D eigenvalue weighted by atomic mass is 10.1. The van der Waals surface area contributed by atoms with Crippen molar-refractivity contribution in [3.05, 3.63) is 48.2 Å². The van der Waals surface area contributed by atoms with Gasteiger partial charge in [0.25, 0.3) is 0 Å². The third-order valence-corrected chi connectivity index (χ3v) is 6.08. The number of pyridine rings is 1. The fourth-order valence-corrected chi connectivity index (χ4v) is 4.33. The van der Waals surface area contributed by atoms with E-state index in [1.165, 1.54) is 30.0 Å². The van der Waals surface area contributed by atoms with E-state index in [-0.39, 0.29) is 23.0 Å². The molecule has 0 radical (unpaired) electrons. The number of carbonyl (C=O) groups excluding carboxylic acids is 3. The zero-order valence-corrected chi connectivity index (χ0v) is 18.3. The smallest absolute Gasteiger partial charge is 0.249 e. The van der Waals surface area contributed by atoms with Gasteiger partial charge < -0.3 is 25.5 Å². The summed E-state index contributed by atoms with van der Waals surface area (Å²) in [7, 11) is 0. The fourth-order valence-electron chi connectivity index (χ4n) is 3.49. The zero-order valence-electron chi connectivity index (χ0n) is 17.5. The number of hydrogen-bond acceptors (Lipinski definition) is 8. The topological polar surface area (TPSA) is 140 Å². The predicted octanol–water partition coefficient (Wildman–Crippen LogP) is 1.21. The van der Waals surface area contributed by atoms with Gasteiger partial charge in [-0.15, -0.1) is 0 Å². The third kappa shape index (κ3) is 5.77. The first-order valence-corrected chi connectivity index (χ1v) is 11.0. The van der Waals surface area contributed by atoms with Gasteiger partial charge >= 0.3 is 0 Å². The number of thioether (sulfide) groups is 1.